The lowest BCUT2D eigenvalue weighted by molar-refractivity contribution is -0.134. The summed E-state index contributed by atoms with van der Waals surface area (Å²) in [6.07, 6.45) is 2.01. The van der Waals surface area contributed by atoms with Crippen molar-refractivity contribution in [2.75, 3.05) is 38.6 Å². The van der Waals surface area contributed by atoms with Gasteiger partial charge in [0.2, 0.25) is 11.9 Å². The molecule has 2 heterocycles. The van der Waals surface area contributed by atoms with E-state index in [1.807, 2.05) is 27.9 Å². The molecule has 8 heteroatoms. The predicted octanol–water partition coefficient (Wildman–Crippen LogP) is 0.261. The molecule has 0 bridgehead atoms. The van der Waals surface area contributed by atoms with Gasteiger partial charge in [-0.25, -0.2) is 9.97 Å². The van der Waals surface area contributed by atoms with Gasteiger partial charge in [0.05, 0.1) is 11.3 Å². The van der Waals surface area contributed by atoms with Crippen LogP contribution in [0.25, 0.3) is 0 Å². The average molecular weight is 348 g/mol. The Morgan fingerprint density at radius 1 is 1.32 bits per heavy atom. The third-order valence-electron chi connectivity index (χ3n) is 4.55. The first-order chi connectivity index (χ1) is 11.8. The minimum absolute atomic E-state index is 0.0465. The van der Waals surface area contributed by atoms with E-state index in [0.29, 0.717) is 43.3 Å². The molecule has 1 fully saturated rings. The van der Waals surface area contributed by atoms with Crippen LogP contribution in [-0.4, -0.2) is 77.4 Å². The van der Waals surface area contributed by atoms with E-state index in [0.717, 1.165) is 0 Å². The number of nitrogens with zero attached hydrogens (tertiary/aromatic N) is 5. The number of hydrogen-bond donors (Lipinski definition) is 1. The monoisotopic (exact) mass is 348 g/mol. The highest BCUT2D eigenvalue weighted by Gasteiger charge is 2.40. The van der Waals surface area contributed by atoms with E-state index in [9.17, 15) is 9.59 Å². The van der Waals surface area contributed by atoms with E-state index in [4.69, 9.17) is 5.73 Å². The van der Waals surface area contributed by atoms with Crippen LogP contribution in [0, 0.1) is 6.92 Å². The number of aromatic nitrogens is 2. The number of amides is 2. The fourth-order valence-electron chi connectivity index (χ4n) is 3.11. The Morgan fingerprint density at radius 2 is 1.96 bits per heavy atom. The molecule has 0 unspecified atom stereocenters. The van der Waals surface area contributed by atoms with Crippen LogP contribution in [-0.2, 0) is 4.79 Å². The molecule has 1 aromatic heterocycles. The number of carbonyl (C=O) groups excluding carboxylic acids is 2. The second kappa shape index (κ2) is 7.77. The lowest BCUT2D eigenvalue weighted by Crippen LogP contribution is -2.48. The molecule has 2 amide bonds. The maximum atomic E-state index is 13.0. The van der Waals surface area contributed by atoms with Gasteiger partial charge < -0.3 is 20.4 Å². The normalized spacial score (nSPS) is 19.8. The molecule has 25 heavy (non-hydrogen) atoms. The van der Waals surface area contributed by atoms with Crippen LogP contribution in [0.5, 0.6) is 0 Å². The summed E-state index contributed by atoms with van der Waals surface area (Å²) < 4.78 is 0. The molecule has 1 aliphatic rings. The van der Waals surface area contributed by atoms with Crippen molar-refractivity contribution < 1.29 is 9.59 Å². The molecular formula is C17H28N6O2. The Bertz CT molecular complexity index is 644. The maximum Gasteiger partial charge on any atom is 0.258 e. The summed E-state index contributed by atoms with van der Waals surface area (Å²) in [5.41, 5.74) is 7.06. The van der Waals surface area contributed by atoms with Gasteiger partial charge in [0.25, 0.3) is 5.91 Å². The van der Waals surface area contributed by atoms with Crippen LogP contribution >= 0.6 is 0 Å². The number of likely N-dealkylation sites (tertiary alicyclic amines) is 1. The van der Waals surface area contributed by atoms with Gasteiger partial charge in [0.15, 0.2) is 0 Å². The van der Waals surface area contributed by atoms with Crippen LogP contribution in [0.2, 0.25) is 0 Å². The number of rotatable bonds is 5. The molecule has 2 atom stereocenters. The highest BCUT2D eigenvalue weighted by Crippen LogP contribution is 2.22. The highest BCUT2D eigenvalue weighted by molar-refractivity contribution is 5.98. The van der Waals surface area contributed by atoms with Gasteiger partial charge in [-0.05, 0) is 27.2 Å². The van der Waals surface area contributed by atoms with Crippen molar-refractivity contribution in [2.45, 2.75) is 39.3 Å². The molecule has 0 spiro atoms. The van der Waals surface area contributed by atoms with Gasteiger partial charge in [-0.2, -0.15) is 0 Å². The van der Waals surface area contributed by atoms with E-state index in [1.54, 1.807) is 21.6 Å². The van der Waals surface area contributed by atoms with E-state index in [-0.39, 0.29) is 17.9 Å². The topological polar surface area (TPSA) is 95.7 Å². The SMILES string of the molecule is CCN(CC)C(=O)[C@@H]1C[C@@H](N)CN1C(=O)c1cnc(N(C)C)nc1C. The molecule has 2 N–H and O–H groups in total. The minimum Gasteiger partial charge on any atom is -0.347 e. The van der Waals surface area contributed by atoms with Gasteiger partial charge in [-0.1, -0.05) is 0 Å². The summed E-state index contributed by atoms with van der Waals surface area (Å²) in [6, 6.07) is -0.717. The molecule has 138 valence electrons. The van der Waals surface area contributed by atoms with Gasteiger partial charge in [0.1, 0.15) is 6.04 Å². The molecule has 1 aromatic rings. The van der Waals surface area contributed by atoms with Gasteiger partial charge in [-0.15, -0.1) is 0 Å². The first-order valence-electron chi connectivity index (χ1n) is 8.66. The van der Waals surface area contributed by atoms with Crippen molar-refractivity contribution in [3.05, 3.63) is 17.5 Å². The Morgan fingerprint density at radius 3 is 2.48 bits per heavy atom. The first-order valence-corrected chi connectivity index (χ1v) is 8.66. The van der Waals surface area contributed by atoms with Crippen molar-refractivity contribution in [1.82, 2.24) is 19.8 Å². The zero-order valence-electron chi connectivity index (χ0n) is 15.7. The Hall–Kier alpha value is -2.22. The predicted molar refractivity (Wildman–Crippen MR) is 96.4 cm³/mol. The minimum atomic E-state index is -0.518. The number of likely N-dealkylation sites (N-methyl/N-ethyl adjacent to an activating group) is 1. The lowest BCUT2D eigenvalue weighted by Gasteiger charge is -2.29. The summed E-state index contributed by atoms with van der Waals surface area (Å²) in [5.74, 6) is 0.263. The van der Waals surface area contributed by atoms with Crippen LogP contribution in [0.1, 0.15) is 36.3 Å². The van der Waals surface area contributed by atoms with Crippen LogP contribution in [0.15, 0.2) is 6.20 Å². The summed E-state index contributed by atoms with van der Waals surface area (Å²) in [7, 11) is 3.68. The Kier molecular flexibility index (Phi) is 5.94. The molecule has 0 aliphatic carbocycles. The molecular weight excluding hydrogens is 320 g/mol. The smallest absolute Gasteiger partial charge is 0.258 e. The second-order valence-electron chi connectivity index (χ2n) is 6.54. The van der Waals surface area contributed by atoms with E-state index >= 15 is 0 Å². The molecule has 8 nitrogen and oxygen atoms in total. The molecule has 0 saturated carbocycles. The molecule has 1 saturated heterocycles. The van der Waals surface area contributed by atoms with Gasteiger partial charge >= 0.3 is 0 Å². The zero-order chi connectivity index (χ0) is 18.7. The summed E-state index contributed by atoms with van der Waals surface area (Å²) in [6.45, 7) is 7.23. The number of anilines is 1. The number of carbonyl (C=O) groups is 2. The molecule has 1 aliphatic heterocycles. The van der Waals surface area contributed by atoms with Crippen molar-refractivity contribution in [1.29, 1.82) is 0 Å². The van der Waals surface area contributed by atoms with Crippen LogP contribution in [0.3, 0.4) is 0 Å². The standard InChI is InChI=1S/C17H28N6O2/c1-6-22(7-2)16(25)14-8-12(18)10-23(14)15(24)13-9-19-17(21(4)5)20-11(13)3/h9,12,14H,6-8,10,18H2,1-5H3/t12-,14+/m1/s1. The lowest BCUT2D eigenvalue weighted by atomic mass is 10.1. The fraction of sp³-hybridized carbons (Fsp3) is 0.647. The summed E-state index contributed by atoms with van der Waals surface area (Å²) in [5, 5.41) is 0. The molecule has 0 aromatic carbocycles. The van der Waals surface area contributed by atoms with Crippen LogP contribution < -0.4 is 10.6 Å². The zero-order valence-corrected chi connectivity index (χ0v) is 15.7. The van der Waals surface area contributed by atoms with Crippen molar-refractivity contribution in [3.8, 4) is 0 Å². The van der Waals surface area contributed by atoms with Crippen molar-refractivity contribution in [2.24, 2.45) is 5.73 Å². The van der Waals surface area contributed by atoms with Gasteiger partial charge in [-0.3, -0.25) is 9.59 Å². The maximum absolute atomic E-state index is 13.0. The number of hydrogen-bond acceptors (Lipinski definition) is 6. The van der Waals surface area contributed by atoms with E-state index < -0.39 is 6.04 Å². The number of aryl methyl sites for hydroxylation is 1. The third kappa shape index (κ3) is 3.89. The summed E-state index contributed by atoms with van der Waals surface area (Å²) >= 11 is 0. The van der Waals surface area contributed by atoms with E-state index in [1.165, 1.54) is 6.20 Å². The Balaban J connectivity index is 2.28. The first kappa shape index (κ1) is 19.1. The number of nitrogens with two attached hydrogens (primary N) is 1. The summed E-state index contributed by atoms with van der Waals surface area (Å²) in [4.78, 5) is 39.5. The fourth-order valence-corrected chi connectivity index (χ4v) is 3.11. The Labute approximate surface area is 149 Å². The average Bonchev–Trinajstić information content (AvgIpc) is 2.97. The van der Waals surface area contributed by atoms with Crippen LogP contribution in [0.4, 0.5) is 5.95 Å². The highest BCUT2D eigenvalue weighted by atomic mass is 16.2. The van der Waals surface area contributed by atoms with Crippen molar-refractivity contribution >= 4 is 17.8 Å². The third-order valence-corrected chi connectivity index (χ3v) is 4.55. The molecule has 0 radical (unpaired) electrons. The quantitative estimate of drug-likeness (QED) is 0.820. The molecule has 2 rings (SSSR count). The largest absolute Gasteiger partial charge is 0.347 e. The second-order valence-corrected chi connectivity index (χ2v) is 6.54. The van der Waals surface area contributed by atoms with Crippen molar-refractivity contribution in [3.63, 3.8) is 0 Å². The van der Waals surface area contributed by atoms with E-state index in [2.05, 4.69) is 9.97 Å². The van der Waals surface area contributed by atoms with Gasteiger partial charge in [0, 0.05) is 46.0 Å².